The first kappa shape index (κ1) is 21.9. The Morgan fingerprint density at radius 1 is 0.818 bits per heavy atom. The minimum Gasteiger partial charge on any atom is -0.114 e. The Morgan fingerprint density at radius 3 is 1.41 bits per heavy atom. The van der Waals surface area contributed by atoms with Gasteiger partial charge in [-0.05, 0) is 49.1 Å². The fourth-order valence-corrected chi connectivity index (χ4v) is 6.71. The average molecular weight is 325 g/mol. The molecule has 0 aliphatic heterocycles. The minimum atomic E-state index is 0.158. The van der Waals surface area contributed by atoms with E-state index in [0.29, 0.717) is 17.8 Å². The molecular weight excluding hydrogens is 283 g/mol. The maximum Gasteiger partial charge on any atom is 0.0153 e. The molecule has 5 atom stereocenters. The summed E-state index contributed by atoms with van der Waals surface area (Å²) in [5, 5.41) is 0.179. The standard InChI is InChI=1S/C21H41P/c1-14(2)20(12,15(3)4)17(7)18(8)21(22-13,16(5)6)19(9,10)11/h15,17-18,22H,1,5H2,2-4,6-13H3. The number of hydrogen-bond donors (Lipinski definition) is 0. The Morgan fingerprint density at radius 2 is 1.23 bits per heavy atom. The van der Waals surface area contributed by atoms with Gasteiger partial charge in [-0.3, -0.25) is 0 Å². The second-order valence-electron chi connectivity index (χ2n) is 8.88. The summed E-state index contributed by atoms with van der Waals surface area (Å²) in [5.74, 6) is 1.72. The van der Waals surface area contributed by atoms with Crippen LogP contribution in [0.25, 0.3) is 0 Å². The van der Waals surface area contributed by atoms with E-state index in [9.17, 15) is 0 Å². The Kier molecular flexibility index (Phi) is 7.18. The summed E-state index contributed by atoms with van der Waals surface area (Å²) < 4.78 is 0. The van der Waals surface area contributed by atoms with Crippen LogP contribution < -0.4 is 0 Å². The second-order valence-corrected chi connectivity index (χ2v) is 10.2. The molecule has 0 amide bonds. The fraction of sp³-hybridized carbons (Fsp3) is 0.810. The molecule has 0 fully saturated rings. The van der Waals surface area contributed by atoms with Gasteiger partial charge in [0.15, 0.2) is 0 Å². The summed E-state index contributed by atoms with van der Waals surface area (Å²) >= 11 is 0. The lowest BCUT2D eigenvalue weighted by Gasteiger charge is -2.55. The average Bonchev–Trinajstić information content (AvgIpc) is 2.35. The zero-order valence-electron chi connectivity index (χ0n) is 17.1. The zero-order valence-corrected chi connectivity index (χ0v) is 18.1. The van der Waals surface area contributed by atoms with Crippen molar-refractivity contribution >= 4 is 8.58 Å². The van der Waals surface area contributed by atoms with Crippen LogP contribution in [0.2, 0.25) is 0 Å². The van der Waals surface area contributed by atoms with Crippen molar-refractivity contribution in [1.29, 1.82) is 0 Å². The molecule has 5 unspecified atom stereocenters. The first-order valence-electron chi connectivity index (χ1n) is 8.72. The van der Waals surface area contributed by atoms with Crippen LogP contribution in [0, 0.1) is 28.6 Å². The third-order valence-corrected chi connectivity index (χ3v) is 9.17. The molecule has 0 saturated heterocycles. The molecule has 1 heteroatoms. The van der Waals surface area contributed by atoms with Gasteiger partial charge in [-0.25, -0.2) is 0 Å². The molecule has 0 aliphatic rings. The smallest absolute Gasteiger partial charge is 0.0153 e. The van der Waals surface area contributed by atoms with E-state index in [4.69, 9.17) is 0 Å². The lowest BCUT2D eigenvalue weighted by molar-refractivity contribution is 0.0811. The monoisotopic (exact) mass is 324 g/mol. The number of allylic oxidation sites excluding steroid dienone is 2. The van der Waals surface area contributed by atoms with Gasteiger partial charge in [-0.2, -0.15) is 0 Å². The molecule has 0 aromatic heterocycles. The zero-order chi connectivity index (χ0) is 18.1. The summed E-state index contributed by atoms with van der Waals surface area (Å²) in [6.45, 7) is 34.7. The van der Waals surface area contributed by atoms with E-state index in [1.165, 1.54) is 11.1 Å². The maximum absolute atomic E-state index is 4.42. The summed E-state index contributed by atoms with van der Waals surface area (Å²) in [7, 11) is 0.861. The molecule has 0 aliphatic carbocycles. The van der Waals surface area contributed by atoms with Crippen molar-refractivity contribution < 1.29 is 0 Å². The van der Waals surface area contributed by atoms with Crippen LogP contribution in [-0.2, 0) is 0 Å². The molecule has 0 bridgehead atoms. The Labute approximate surface area is 143 Å². The molecule has 0 rings (SSSR count). The van der Waals surface area contributed by atoms with Gasteiger partial charge in [0, 0.05) is 5.16 Å². The summed E-state index contributed by atoms with van der Waals surface area (Å²) in [6.07, 6.45) is 0. The van der Waals surface area contributed by atoms with E-state index in [-0.39, 0.29) is 16.0 Å². The van der Waals surface area contributed by atoms with Crippen LogP contribution in [0.5, 0.6) is 0 Å². The molecule has 0 heterocycles. The van der Waals surface area contributed by atoms with Gasteiger partial charge in [-0.15, -0.1) is 8.58 Å². The number of rotatable bonds is 7. The van der Waals surface area contributed by atoms with E-state index < -0.39 is 0 Å². The van der Waals surface area contributed by atoms with Crippen molar-refractivity contribution in [2.75, 3.05) is 6.66 Å². The Hall–Kier alpha value is -0.0900. The van der Waals surface area contributed by atoms with Gasteiger partial charge in [0.25, 0.3) is 0 Å². The van der Waals surface area contributed by atoms with Gasteiger partial charge in [-0.1, -0.05) is 79.7 Å². The molecule has 0 aromatic carbocycles. The molecule has 22 heavy (non-hydrogen) atoms. The second kappa shape index (κ2) is 7.21. The van der Waals surface area contributed by atoms with E-state index in [2.05, 4.69) is 89.1 Å². The highest BCUT2D eigenvalue weighted by atomic mass is 31.1. The van der Waals surface area contributed by atoms with Crippen molar-refractivity contribution in [3.05, 3.63) is 24.3 Å². The lowest BCUT2D eigenvalue weighted by Crippen LogP contribution is -2.51. The first-order chi connectivity index (χ1) is 9.71. The minimum absolute atomic E-state index is 0.158. The number of hydrogen-bond acceptors (Lipinski definition) is 0. The molecule has 0 N–H and O–H groups in total. The summed E-state index contributed by atoms with van der Waals surface area (Å²) in [5.41, 5.74) is 3.02. The van der Waals surface area contributed by atoms with Crippen LogP contribution >= 0.6 is 8.58 Å². The maximum atomic E-state index is 4.42. The predicted molar refractivity (Wildman–Crippen MR) is 107 cm³/mol. The van der Waals surface area contributed by atoms with Gasteiger partial charge < -0.3 is 0 Å². The SMILES string of the molecule is C=C(C)C(C)(C(C)C)C(C)C(C)C(PC)(C(=C)C)C(C)(C)C. The highest BCUT2D eigenvalue weighted by Crippen LogP contribution is 2.59. The van der Waals surface area contributed by atoms with Crippen molar-refractivity contribution in [2.45, 2.75) is 74.4 Å². The molecule has 0 radical (unpaired) electrons. The molecule has 0 nitrogen and oxygen atoms in total. The Bertz CT molecular complexity index is 412. The van der Waals surface area contributed by atoms with E-state index in [1.54, 1.807) is 0 Å². The molecular formula is C21H41P. The third-order valence-electron chi connectivity index (χ3n) is 6.75. The largest absolute Gasteiger partial charge is 0.114 e. The van der Waals surface area contributed by atoms with E-state index >= 15 is 0 Å². The highest BCUT2D eigenvalue weighted by Gasteiger charge is 2.51. The lowest BCUT2D eigenvalue weighted by atomic mass is 9.56. The van der Waals surface area contributed by atoms with Crippen LogP contribution in [0.1, 0.15) is 69.2 Å². The highest BCUT2D eigenvalue weighted by molar-refractivity contribution is 7.39. The van der Waals surface area contributed by atoms with Crippen molar-refractivity contribution in [3.8, 4) is 0 Å². The normalized spacial score (nSPS) is 21.5. The molecule has 0 saturated carbocycles. The van der Waals surface area contributed by atoms with Crippen LogP contribution in [0.15, 0.2) is 24.3 Å². The van der Waals surface area contributed by atoms with E-state index in [1.807, 2.05) is 0 Å². The first-order valence-corrected chi connectivity index (χ1v) is 10.2. The van der Waals surface area contributed by atoms with Gasteiger partial charge in [0.05, 0.1) is 0 Å². The van der Waals surface area contributed by atoms with Crippen LogP contribution in [-0.4, -0.2) is 11.8 Å². The predicted octanol–water partition coefficient (Wildman–Crippen LogP) is 7.17. The van der Waals surface area contributed by atoms with E-state index in [0.717, 1.165) is 8.58 Å². The molecule has 130 valence electrons. The van der Waals surface area contributed by atoms with Crippen molar-refractivity contribution in [2.24, 2.45) is 28.6 Å². The third kappa shape index (κ3) is 3.38. The summed E-state index contributed by atoms with van der Waals surface area (Å²) in [6, 6.07) is 0. The van der Waals surface area contributed by atoms with Gasteiger partial charge >= 0.3 is 0 Å². The molecule has 0 aromatic rings. The quantitative estimate of drug-likeness (QED) is 0.344. The van der Waals surface area contributed by atoms with Gasteiger partial charge in [0.2, 0.25) is 0 Å². The van der Waals surface area contributed by atoms with Crippen LogP contribution in [0.4, 0.5) is 0 Å². The van der Waals surface area contributed by atoms with Crippen molar-refractivity contribution in [1.82, 2.24) is 0 Å². The van der Waals surface area contributed by atoms with Gasteiger partial charge in [0.1, 0.15) is 0 Å². The van der Waals surface area contributed by atoms with Crippen molar-refractivity contribution in [3.63, 3.8) is 0 Å². The molecule has 0 spiro atoms. The fourth-order valence-electron chi connectivity index (χ4n) is 4.83. The van der Waals surface area contributed by atoms with Crippen LogP contribution in [0.3, 0.4) is 0 Å². The topological polar surface area (TPSA) is 0 Å². The summed E-state index contributed by atoms with van der Waals surface area (Å²) in [4.78, 5) is 0. The Balaban J connectivity index is 6.13.